The predicted octanol–water partition coefficient (Wildman–Crippen LogP) is 2.79. The van der Waals surface area contributed by atoms with Crippen LogP contribution in [0.25, 0.3) is 11.4 Å². The molecule has 0 aliphatic carbocycles. The minimum Gasteiger partial charge on any atom is -0.475 e. The first-order valence-electron chi connectivity index (χ1n) is 6.79. The van der Waals surface area contributed by atoms with Crippen molar-refractivity contribution in [2.75, 3.05) is 6.54 Å². The third-order valence-electron chi connectivity index (χ3n) is 3.10. The number of pyridine rings is 1. The van der Waals surface area contributed by atoms with Crippen LogP contribution in [0.15, 0.2) is 35.0 Å². The molecule has 2 aromatic heterocycles. The number of rotatable bonds is 2. The quantitative estimate of drug-likeness (QED) is 0.881. The van der Waals surface area contributed by atoms with Gasteiger partial charge in [0.05, 0.1) is 11.7 Å². The summed E-state index contributed by atoms with van der Waals surface area (Å²) in [7, 11) is 0. The summed E-state index contributed by atoms with van der Waals surface area (Å²) in [6, 6.07) is 8.08. The van der Waals surface area contributed by atoms with Crippen LogP contribution in [-0.2, 0) is 4.79 Å². The van der Waals surface area contributed by atoms with Gasteiger partial charge in [-0.1, -0.05) is 11.2 Å². The first-order valence-corrected chi connectivity index (χ1v) is 6.79. The molecule has 6 nitrogen and oxygen atoms in total. The maximum Gasteiger partial charge on any atom is 0.490 e. The van der Waals surface area contributed by atoms with Gasteiger partial charge in [-0.2, -0.15) is 13.2 Å². The van der Waals surface area contributed by atoms with Crippen LogP contribution >= 0.6 is 0 Å². The highest BCUT2D eigenvalue weighted by molar-refractivity contribution is 5.73. The Kier molecular flexibility index (Phi) is 5.32. The lowest BCUT2D eigenvalue weighted by atomic mass is 10.1. The van der Waals surface area contributed by atoms with Crippen LogP contribution in [0.4, 0.5) is 13.2 Å². The maximum absolute atomic E-state index is 10.6. The van der Waals surface area contributed by atoms with Gasteiger partial charge in [-0.15, -0.1) is 0 Å². The summed E-state index contributed by atoms with van der Waals surface area (Å²) in [5, 5.41) is 14.6. The number of carboxylic acids is 1. The van der Waals surface area contributed by atoms with Gasteiger partial charge in [0.15, 0.2) is 5.76 Å². The van der Waals surface area contributed by atoms with Crippen LogP contribution in [0.2, 0.25) is 0 Å². The highest BCUT2D eigenvalue weighted by atomic mass is 19.4. The Morgan fingerprint density at radius 1 is 1.35 bits per heavy atom. The fraction of sp³-hybridized carbons (Fsp3) is 0.357. The molecule has 1 saturated heterocycles. The van der Waals surface area contributed by atoms with Crippen LogP contribution < -0.4 is 5.32 Å². The second kappa shape index (κ2) is 7.23. The van der Waals surface area contributed by atoms with Crippen molar-refractivity contribution in [3.63, 3.8) is 0 Å². The molecule has 3 rings (SSSR count). The molecule has 9 heteroatoms. The number of aliphatic carboxylic acids is 1. The molecule has 1 aliphatic heterocycles. The van der Waals surface area contributed by atoms with Crippen molar-refractivity contribution in [2.45, 2.75) is 25.1 Å². The maximum atomic E-state index is 10.6. The molecule has 0 unspecified atom stereocenters. The topological polar surface area (TPSA) is 88.2 Å². The Bertz CT molecular complexity index is 637. The van der Waals surface area contributed by atoms with Gasteiger partial charge in [-0.05, 0) is 31.5 Å². The van der Waals surface area contributed by atoms with Gasteiger partial charge in [0.25, 0.3) is 0 Å². The average Bonchev–Trinajstić information content (AvgIpc) is 3.19. The third-order valence-corrected chi connectivity index (χ3v) is 3.10. The van der Waals surface area contributed by atoms with Crippen LogP contribution in [0.1, 0.15) is 24.6 Å². The van der Waals surface area contributed by atoms with Crippen molar-refractivity contribution in [3.05, 3.63) is 36.2 Å². The monoisotopic (exact) mass is 329 g/mol. The van der Waals surface area contributed by atoms with Gasteiger partial charge in [-0.3, -0.25) is 4.98 Å². The lowest BCUT2D eigenvalue weighted by molar-refractivity contribution is -0.192. The molecule has 3 heterocycles. The summed E-state index contributed by atoms with van der Waals surface area (Å²) in [4.78, 5) is 13.1. The standard InChI is InChI=1S/C12H13N3O.C2HF3O2/c1-2-6-13-9(4-1)11-8-12(16-15-11)10-5-3-7-14-10;3-2(4,5)1(6)7/h1-2,4,6,8,10,14H,3,5,7H2;(H,6,7)/t10-;/m0./s1. The molecule has 23 heavy (non-hydrogen) atoms. The Hall–Kier alpha value is -2.42. The van der Waals surface area contributed by atoms with Crippen LogP contribution in [0.3, 0.4) is 0 Å². The van der Waals surface area contributed by atoms with Crippen LogP contribution in [-0.4, -0.2) is 33.9 Å². The van der Waals surface area contributed by atoms with Crippen LogP contribution in [0.5, 0.6) is 0 Å². The fourth-order valence-corrected chi connectivity index (χ4v) is 2.02. The normalized spacial score (nSPS) is 17.4. The molecule has 0 radical (unpaired) electrons. The fourth-order valence-electron chi connectivity index (χ4n) is 2.02. The lowest BCUT2D eigenvalue weighted by Gasteiger charge is -2.02. The number of carbonyl (C=O) groups is 1. The van der Waals surface area contributed by atoms with Crippen molar-refractivity contribution in [1.29, 1.82) is 0 Å². The zero-order chi connectivity index (χ0) is 16.9. The number of hydrogen-bond acceptors (Lipinski definition) is 5. The summed E-state index contributed by atoms with van der Waals surface area (Å²) in [6.07, 6.45) is -1.00. The van der Waals surface area contributed by atoms with Crippen molar-refractivity contribution in [2.24, 2.45) is 0 Å². The Morgan fingerprint density at radius 2 is 2.09 bits per heavy atom. The van der Waals surface area contributed by atoms with Crippen molar-refractivity contribution >= 4 is 5.97 Å². The minimum atomic E-state index is -5.08. The molecule has 2 N–H and O–H groups in total. The van der Waals surface area contributed by atoms with E-state index in [-0.39, 0.29) is 0 Å². The largest absolute Gasteiger partial charge is 0.490 e. The number of halogens is 3. The van der Waals surface area contributed by atoms with Gasteiger partial charge < -0.3 is 14.9 Å². The van der Waals surface area contributed by atoms with E-state index in [4.69, 9.17) is 14.4 Å². The van der Waals surface area contributed by atoms with Crippen LogP contribution in [0, 0.1) is 0 Å². The summed E-state index contributed by atoms with van der Waals surface area (Å²) in [5.74, 6) is -1.84. The van der Waals surface area contributed by atoms with Crippen molar-refractivity contribution < 1.29 is 27.6 Å². The molecule has 0 saturated carbocycles. The molecule has 0 amide bonds. The SMILES string of the molecule is O=C(O)C(F)(F)F.c1ccc(-c2cc([C@@H]3CCCN3)on2)nc1. The molecule has 0 aromatic carbocycles. The second-order valence-electron chi connectivity index (χ2n) is 4.78. The van der Waals surface area contributed by atoms with E-state index in [0.717, 1.165) is 30.1 Å². The van der Waals surface area contributed by atoms with Crippen molar-refractivity contribution in [1.82, 2.24) is 15.5 Å². The van der Waals surface area contributed by atoms with Gasteiger partial charge >= 0.3 is 12.1 Å². The molecule has 124 valence electrons. The second-order valence-corrected chi connectivity index (χ2v) is 4.78. The molecule has 1 fully saturated rings. The third kappa shape index (κ3) is 4.78. The van der Waals surface area contributed by atoms with Gasteiger partial charge in [-0.25, -0.2) is 4.79 Å². The summed E-state index contributed by atoms with van der Waals surface area (Å²) < 4.78 is 37.1. The van der Waals surface area contributed by atoms with E-state index >= 15 is 0 Å². The van der Waals surface area contributed by atoms with E-state index in [1.165, 1.54) is 6.42 Å². The van der Waals surface area contributed by atoms with E-state index in [9.17, 15) is 13.2 Å². The molecular formula is C14H14F3N3O3. The predicted molar refractivity (Wildman–Crippen MR) is 73.4 cm³/mol. The van der Waals surface area contributed by atoms with E-state index in [2.05, 4.69) is 15.5 Å². The summed E-state index contributed by atoms with van der Waals surface area (Å²) in [5.41, 5.74) is 1.67. The highest BCUT2D eigenvalue weighted by Crippen LogP contribution is 2.26. The number of nitrogens with zero attached hydrogens (tertiary/aromatic N) is 2. The number of nitrogens with one attached hydrogen (secondary N) is 1. The van der Waals surface area contributed by atoms with Crippen molar-refractivity contribution in [3.8, 4) is 11.4 Å². The summed E-state index contributed by atoms with van der Waals surface area (Å²) >= 11 is 0. The number of alkyl halides is 3. The van der Waals surface area contributed by atoms with Gasteiger partial charge in [0, 0.05) is 12.3 Å². The lowest BCUT2D eigenvalue weighted by Crippen LogP contribution is -2.21. The van der Waals surface area contributed by atoms with E-state index in [0.29, 0.717) is 6.04 Å². The molecule has 1 atom stereocenters. The van der Waals surface area contributed by atoms with Gasteiger partial charge in [0.2, 0.25) is 0 Å². The zero-order valence-electron chi connectivity index (χ0n) is 11.9. The molecule has 0 bridgehead atoms. The molecular weight excluding hydrogens is 315 g/mol. The first-order chi connectivity index (χ1) is 10.9. The minimum absolute atomic E-state index is 0.324. The van der Waals surface area contributed by atoms with E-state index in [1.54, 1.807) is 6.20 Å². The zero-order valence-corrected chi connectivity index (χ0v) is 11.9. The first kappa shape index (κ1) is 16.9. The molecule has 0 spiro atoms. The smallest absolute Gasteiger partial charge is 0.475 e. The van der Waals surface area contributed by atoms with E-state index < -0.39 is 12.1 Å². The summed E-state index contributed by atoms with van der Waals surface area (Å²) in [6.45, 7) is 1.06. The Labute approximate surface area is 129 Å². The molecule has 1 aliphatic rings. The number of aromatic nitrogens is 2. The Morgan fingerprint density at radius 3 is 2.61 bits per heavy atom. The Balaban J connectivity index is 0.000000236. The average molecular weight is 329 g/mol. The number of hydrogen-bond donors (Lipinski definition) is 2. The van der Waals surface area contributed by atoms with Gasteiger partial charge in [0.1, 0.15) is 5.69 Å². The highest BCUT2D eigenvalue weighted by Gasteiger charge is 2.38. The van der Waals surface area contributed by atoms with E-state index in [1.807, 2.05) is 24.3 Å². The molecule has 2 aromatic rings. The number of carboxylic acid groups (broad SMARTS) is 1.